The van der Waals surface area contributed by atoms with Crippen molar-refractivity contribution < 1.29 is 4.42 Å². The maximum Gasteiger partial charge on any atom is 0.297 e. The van der Waals surface area contributed by atoms with Crippen LogP contribution in [-0.2, 0) is 32.5 Å². The lowest BCUT2D eigenvalue weighted by atomic mass is 9.35. The van der Waals surface area contributed by atoms with Gasteiger partial charge in [0.2, 0.25) is 0 Å². The van der Waals surface area contributed by atoms with E-state index in [0.29, 0.717) is 0 Å². The molecule has 0 fully saturated rings. The van der Waals surface area contributed by atoms with Crippen molar-refractivity contribution >= 4 is 99.9 Å². The van der Waals surface area contributed by atoms with Gasteiger partial charge in [0.15, 0.2) is 0 Å². The van der Waals surface area contributed by atoms with E-state index in [1.54, 1.807) is 0 Å². The zero-order valence-electron chi connectivity index (χ0n) is 45.7. The number of anilines is 6. The van der Waals surface area contributed by atoms with Crippen LogP contribution in [0.3, 0.4) is 0 Å². The third-order valence-corrected chi connectivity index (χ3v) is 19.5. The van der Waals surface area contributed by atoms with Crippen molar-refractivity contribution in [2.45, 2.75) is 155 Å². The highest BCUT2D eigenvalue weighted by Crippen LogP contribution is 2.55. The molecule has 0 N–H and O–H groups in total. The van der Waals surface area contributed by atoms with Gasteiger partial charge in [-0.3, -0.25) is 0 Å². The molecule has 2 aliphatic carbocycles. The van der Waals surface area contributed by atoms with Crippen LogP contribution in [0.15, 0.2) is 132 Å². The van der Waals surface area contributed by atoms with Gasteiger partial charge in [0, 0.05) is 54.0 Å². The molecule has 368 valence electrons. The maximum absolute atomic E-state index is 7.73. The molecule has 13 rings (SSSR count). The zero-order valence-corrected chi connectivity index (χ0v) is 46.6. The lowest BCUT2D eigenvalue weighted by Gasteiger charge is -2.45. The number of hydrogen-bond donors (Lipinski definition) is 0. The van der Waals surface area contributed by atoms with Crippen LogP contribution in [0, 0.1) is 0 Å². The van der Waals surface area contributed by atoms with Crippen LogP contribution in [0.25, 0.3) is 42.3 Å². The first kappa shape index (κ1) is 46.7. The summed E-state index contributed by atoms with van der Waals surface area (Å²) in [5.74, 6) is 0. The van der Waals surface area contributed by atoms with Crippen molar-refractivity contribution in [3.8, 4) is 11.1 Å². The molecule has 4 heterocycles. The van der Waals surface area contributed by atoms with Crippen LogP contribution < -0.4 is 26.4 Å². The Morgan fingerprint density at radius 1 is 0.493 bits per heavy atom. The quantitative estimate of drug-likeness (QED) is 0.165. The zero-order chi connectivity index (χ0) is 51.1. The minimum atomic E-state index is -0.161. The van der Waals surface area contributed by atoms with Crippen molar-refractivity contribution in [2.75, 3.05) is 9.80 Å². The summed E-state index contributed by atoms with van der Waals surface area (Å²) in [7, 11) is 0. The molecule has 2 aromatic heterocycles. The van der Waals surface area contributed by atoms with Gasteiger partial charge in [-0.1, -0.05) is 164 Å². The van der Waals surface area contributed by atoms with E-state index < -0.39 is 0 Å². The standard InChI is InChI=1S/C68H71BN2OS/c1-63(2,3)41-22-25-43(26-23-41)70-54-29-24-42(64(4,5)6)36-53(54)69-59-55(70)34-40(45-19-17-20-47-46-18-15-16-21-58(46)73-61(45)47)35-56(59)71(44-27-28-49-50(37-44)66(9,10)31-30-65(49,7)8)60-48-38-51-52(39-57(48)72-62(60)69)68(13,14)33-32-67(51,11)12/h15-29,34-39H,30-33H2,1-14H3. The number of hydrogen-bond acceptors (Lipinski definition) is 4. The molecule has 0 saturated carbocycles. The SMILES string of the molecule is CC(C)(C)c1ccc(N2c3ccc(C(C)(C)C)cc3B3c4oc5cc6c(cc5c4N(c4ccc5c(c4)C(C)(C)CCC5(C)C)c4cc(-c5cccc7c5sc5ccccc57)cc2c43)C(C)(C)CCC6(C)C)cc1. The molecule has 0 saturated heterocycles. The summed E-state index contributed by atoms with van der Waals surface area (Å²) in [6.45, 7) is 33.4. The van der Waals surface area contributed by atoms with E-state index in [2.05, 4.69) is 234 Å². The van der Waals surface area contributed by atoms with Gasteiger partial charge in [-0.2, -0.15) is 0 Å². The first-order chi connectivity index (χ1) is 34.4. The smallest absolute Gasteiger partial charge is 0.297 e. The van der Waals surface area contributed by atoms with Crippen molar-refractivity contribution in [1.82, 2.24) is 0 Å². The Morgan fingerprint density at radius 3 is 1.74 bits per heavy atom. The second-order valence-corrected chi connectivity index (χ2v) is 28.2. The third kappa shape index (κ3) is 6.96. The molecule has 7 aromatic carbocycles. The molecule has 2 aliphatic heterocycles. The number of fused-ring (bicyclic) bond motifs is 11. The lowest BCUT2D eigenvalue weighted by Crippen LogP contribution is -2.61. The van der Waals surface area contributed by atoms with Gasteiger partial charge in [0.05, 0.1) is 11.3 Å². The molecular weight excluding hydrogens is 904 g/mol. The average Bonchev–Trinajstić information content (AvgIpc) is 3.92. The van der Waals surface area contributed by atoms with Crippen molar-refractivity contribution in [1.29, 1.82) is 0 Å². The van der Waals surface area contributed by atoms with Crippen LogP contribution in [-0.4, -0.2) is 6.71 Å². The van der Waals surface area contributed by atoms with E-state index in [4.69, 9.17) is 4.42 Å². The minimum absolute atomic E-state index is 0.0194. The van der Waals surface area contributed by atoms with Gasteiger partial charge in [-0.15, -0.1) is 11.3 Å². The Morgan fingerprint density at radius 2 is 1.07 bits per heavy atom. The molecule has 0 unspecified atom stereocenters. The molecule has 0 amide bonds. The molecule has 0 radical (unpaired) electrons. The largest absolute Gasteiger partial charge is 0.468 e. The third-order valence-electron chi connectivity index (χ3n) is 18.3. The maximum atomic E-state index is 7.73. The Bertz CT molecular complexity index is 3790. The highest BCUT2D eigenvalue weighted by molar-refractivity contribution is 7.26. The summed E-state index contributed by atoms with van der Waals surface area (Å²) in [4.78, 5) is 5.25. The highest BCUT2D eigenvalue weighted by atomic mass is 32.1. The molecule has 73 heavy (non-hydrogen) atoms. The summed E-state index contributed by atoms with van der Waals surface area (Å²) >= 11 is 1.92. The number of nitrogens with zero attached hydrogens (tertiary/aromatic N) is 2. The van der Waals surface area contributed by atoms with E-state index in [1.807, 2.05) is 11.3 Å². The van der Waals surface area contributed by atoms with Gasteiger partial charge in [-0.05, 0) is 174 Å². The Labute approximate surface area is 438 Å². The Balaban J connectivity index is 1.19. The topological polar surface area (TPSA) is 19.6 Å². The van der Waals surface area contributed by atoms with E-state index in [0.717, 1.165) is 36.2 Å². The Hall–Kier alpha value is -6.04. The second-order valence-electron chi connectivity index (χ2n) is 27.1. The van der Waals surface area contributed by atoms with Gasteiger partial charge in [0.25, 0.3) is 6.71 Å². The van der Waals surface area contributed by atoms with Crippen LogP contribution in [0.2, 0.25) is 0 Å². The second kappa shape index (κ2) is 15.3. The number of thiophene rings is 1. The number of rotatable bonds is 3. The van der Waals surface area contributed by atoms with Gasteiger partial charge in [0.1, 0.15) is 5.58 Å². The molecule has 4 aliphatic rings. The summed E-state index contributed by atoms with van der Waals surface area (Å²) in [6.07, 6.45) is 4.62. The Kier molecular flexibility index (Phi) is 9.78. The van der Waals surface area contributed by atoms with E-state index in [1.165, 1.54) is 116 Å². The predicted molar refractivity (Wildman–Crippen MR) is 317 cm³/mol. The highest BCUT2D eigenvalue weighted by Gasteiger charge is 2.49. The van der Waals surface area contributed by atoms with Gasteiger partial charge in [-0.25, -0.2) is 0 Å². The molecule has 0 spiro atoms. The monoisotopic (exact) mass is 975 g/mol. The van der Waals surface area contributed by atoms with Crippen molar-refractivity contribution in [2.24, 2.45) is 0 Å². The normalized spacial score (nSPS) is 18.1. The van der Waals surface area contributed by atoms with Crippen LogP contribution in [0.4, 0.5) is 34.1 Å². The fourth-order valence-corrected chi connectivity index (χ4v) is 14.8. The van der Waals surface area contributed by atoms with Gasteiger partial charge >= 0.3 is 0 Å². The fraction of sp³-hybridized carbons (Fsp3) is 0.353. The molecule has 5 heteroatoms. The molecule has 9 aromatic rings. The average molecular weight is 975 g/mol. The fourth-order valence-electron chi connectivity index (χ4n) is 13.5. The lowest BCUT2D eigenvalue weighted by molar-refractivity contribution is 0.332. The summed E-state index contributed by atoms with van der Waals surface area (Å²) in [6, 6.07) is 50.3. The molecule has 3 nitrogen and oxygen atoms in total. The summed E-state index contributed by atoms with van der Waals surface area (Å²) < 4.78 is 10.4. The van der Waals surface area contributed by atoms with E-state index in [9.17, 15) is 0 Å². The molecule has 0 bridgehead atoms. The predicted octanol–water partition coefficient (Wildman–Crippen LogP) is 17.8. The first-order valence-electron chi connectivity index (χ1n) is 27.1. The van der Waals surface area contributed by atoms with Crippen LogP contribution >= 0.6 is 11.3 Å². The number of furan rings is 1. The van der Waals surface area contributed by atoms with Crippen LogP contribution in [0.5, 0.6) is 0 Å². The summed E-state index contributed by atoms with van der Waals surface area (Å²) in [5, 5.41) is 3.83. The van der Waals surface area contributed by atoms with E-state index in [-0.39, 0.29) is 39.2 Å². The number of benzene rings is 7. The van der Waals surface area contributed by atoms with Crippen molar-refractivity contribution in [3.05, 3.63) is 161 Å². The minimum Gasteiger partial charge on any atom is -0.468 e. The molecular formula is C68H71BN2OS. The van der Waals surface area contributed by atoms with Crippen molar-refractivity contribution in [3.63, 3.8) is 0 Å². The molecule has 0 atom stereocenters. The van der Waals surface area contributed by atoms with Gasteiger partial charge < -0.3 is 14.2 Å². The first-order valence-corrected chi connectivity index (χ1v) is 27.9. The van der Waals surface area contributed by atoms with Crippen LogP contribution in [0.1, 0.15) is 156 Å². The summed E-state index contributed by atoms with van der Waals surface area (Å²) in [5.41, 5.74) is 22.8. The van der Waals surface area contributed by atoms with E-state index >= 15 is 0 Å².